The van der Waals surface area contributed by atoms with Gasteiger partial charge in [0.1, 0.15) is 4.90 Å². The Morgan fingerprint density at radius 1 is 1.43 bits per heavy atom. The molecule has 0 amide bonds. The summed E-state index contributed by atoms with van der Waals surface area (Å²) in [4.78, 5) is 6.29. The highest BCUT2D eigenvalue weighted by molar-refractivity contribution is 7.89. The largest absolute Gasteiger partial charge is 0.323 e. The highest BCUT2D eigenvalue weighted by Crippen LogP contribution is 2.18. The standard InChI is InChI=1S/C13H23N5O2S/c1-11(10-18-6-2-3-7-18)8-16-21(19,20)13-9-15-5-4-12(13)17-14/h4-5,9,11,16H,2-3,6-8,10,14H2,1H3,(H,15,17). The van der Waals surface area contributed by atoms with Crippen molar-refractivity contribution < 1.29 is 8.42 Å². The third-order valence-electron chi connectivity index (χ3n) is 3.62. The van der Waals surface area contributed by atoms with Crippen molar-refractivity contribution in [2.24, 2.45) is 11.8 Å². The third-order valence-corrected chi connectivity index (χ3v) is 5.07. The van der Waals surface area contributed by atoms with E-state index in [-0.39, 0.29) is 10.8 Å². The molecule has 0 spiro atoms. The van der Waals surface area contributed by atoms with E-state index >= 15 is 0 Å². The van der Waals surface area contributed by atoms with E-state index in [1.165, 1.54) is 31.3 Å². The van der Waals surface area contributed by atoms with E-state index in [1.807, 2.05) is 6.92 Å². The fourth-order valence-electron chi connectivity index (χ4n) is 2.51. The zero-order chi connectivity index (χ0) is 15.3. The van der Waals surface area contributed by atoms with Crippen LogP contribution in [-0.2, 0) is 10.0 Å². The third kappa shape index (κ3) is 4.37. The number of aromatic nitrogens is 1. The molecule has 1 saturated heterocycles. The SMILES string of the molecule is CC(CNS(=O)(=O)c1cnccc1NN)CN1CCCC1. The molecule has 0 saturated carbocycles. The lowest BCUT2D eigenvalue weighted by Crippen LogP contribution is -2.34. The number of nitrogens with zero attached hydrogens (tertiary/aromatic N) is 2. The Morgan fingerprint density at radius 3 is 2.81 bits per heavy atom. The summed E-state index contributed by atoms with van der Waals surface area (Å²) in [5, 5.41) is 0. The molecule has 0 bridgehead atoms. The normalized spacial score (nSPS) is 17.8. The van der Waals surface area contributed by atoms with Crippen molar-refractivity contribution in [2.45, 2.75) is 24.7 Å². The van der Waals surface area contributed by atoms with Crippen molar-refractivity contribution in [3.05, 3.63) is 18.5 Å². The second-order valence-electron chi connectivity index (χ2n) is 5.48. The molecule has 1 aromatic heterocycles. The molecule has 4 N–H and O–H groups in total. The van der Waals surface area contributed by atoms with E-state index in [4.69, 9.17) is 5.84 Å². The Hall–Kier alpha value is -1.22. The molecule has 0 aliphatic carbocycles. The Balaban J connectivity index is 1.94. The van der Waals surface area contributed by atoms with Crippen LogP contribution in [0.2, 0.25) is 0 Å². The molecule has 2 heterocycles. The van der Waals surface area contributed by atoms with E-state index in [9.17, 15) is 8.42 Å². The number of rotatable bonds is 7. The molecule has 2 rings (SSSR count). The van der Waals surface area contributed by atoms with Crippen LogP contribution in [0.15, 0.2) is 23.4 Å². The number of nitrogen functional groups attached to an aromatic ring is 1. The van der Waals surface area contributed by atoms with Gasteiger partial charge in [-0.15, -0.1) is 0 Å². The van der Waals surface area contributed by atoms with Crippen LogP contribution in [0.5, 0.6) is 0 Å². The number of pyridine rings is 1. The minimum Gasteiger partial charge on any atom is -0.323 e. The van der Waals surface area contributed by atoms with Crippen LogP contribution in [-0.4, -0.2) is 44.5 Å². The summed E-state index contributed by atoms with van der Waals surface area (Å²) in [6.45, 7) is 5.59. The van der Waals surface area contributed by atoms with Crippen molar-refractivity contribution >= 4 is 15.7 Å². The van der Waals surface area contributed by atoms with Crippen LogP contribution in [0.4, 0.5) is 5.69 Å². The predicted molar refractivity (Wildman–Crippen MR) is 82.1 cm³/mol. The second-order valence-corrected chi connectivity index (χ2v) is 7.22. The minimum atomic E-state index is -3.61. The molecular weight excluding hydrogens is 290 g/mol. The summed E-state index contributed by atoms with van der Waals surface area (Å²) in [6, 6.07) is 1.53. The zero-order valence-corrected chi connectivity index (χ0v) is 13.1. The van der Waals surface area contributed by atoms with Crippen LogP contribution in [0, 0.1) is 5.92 Å². The van der Waals surface area contributed by atoms with Crippen LogP contribution < -0.4 is 16.0 Å². The molecule has 1 unspecified atom stereocenters. The fourth-order valence-corrected chi connectivity index (χ4v) is 3.79. The van der Waals surface area contributed by atoms with Crippen molar-refractivity contribution in [2.75, 3.05) is 31.6 Å². The molecule has 0 aromatic carbocycles. The number of nitrogens with one attached hydrogen (secondary N) is 2. The lowest BCUT2D eigenvalue weighted by atomic mass is 10.2. The van der Waals surface area contributed by atoms with Crippen LogP contribution in [0.25, 0.3) is 0 Å². The number of anilines is 1. The number of hydrogen-bond donors (Lipinski definition) is 3. The molecule has 21 heavy (non-hydrogen) atoms. The lowest BCUT2D eigenvalue weighted by molar-refractivity contribution is 0.288. The van der Waals surface area contributed by atoms with Crippen LogP contribution in [0.3, 0.4) is 0 Å². The van der Waals surface area contributed by atoms with Gasteiger partial charge in [-0.25, -0.2) is 13.1 Å². The molecule has 1 atom stereocenters. The smallest absolute Gasteiger partial charge is 0.244 e. The summed E-state index contributed by atoms with van der Waals surface area (Å²) >= 11 is 0. The first-order chi connectivity index (χ1) is 10.0. The van der Waals surface area contributed by atoms with Gasteiger partial charge in [0, 0.05) is 25.5 Å². The summed E-state index contributed by atoms with van der Waals surface area (Å²) in [5.74, 6) is 5.59. The van der Waals surface area contributed by atoms with Crippen molar-refractivity contribution in [3.8, 4) is 0 Å². The first kappa shape index (κ1) is 16.2. The number of nitrogens with two attached hydrogens (primary N) is 1. The van der Waals surface area contributed by atoms with Gasteiger partial charge in [-0.1, -0.05) is 6.92 Å². The highest BCUT2D eigenvalue weighted by Gasteiger charge is 2.20. The average Bonchev–Trinajstić information content (AvgIpc) is 2.98. The van der Waals surface area contributed by atoms with Crippen molar-refractivity contribution in [3.63, 3.8) is 0 Å². The number of likely N-dealkylation sites (tertiary alicyclic amines) is 1. The van der Waals surface area contributed by atoms with E-state index < -0.39 is 10.0 Å². The molecule has 7 nitrogen and oxygen atoms in total. The van der Waals surface area contributed by atoms with Gasteiger partial charge in [0.05, 0.1) is 5.69 Å². The van der Waals surface area contributed by atoms with E-state index in [2.05, 4.69) is 20.0 Å². The van der Waals surface area contributed by atoms with Gasteiger partial charge in [-0.2, -0.15) is 0 Å². The summed E-state index contributed by atoms with van der Waals surface area (Å²) < 4.78 is 27.2. The topological polar surface area (TPSA) is 100 Å². The van der Waals surface area contributed by atoms with E-state index in [1.54, 1.807) is 0 Å². The number of hydrogen-bond acceptors (Lipinski definition) is 6. The molecule has 1 aliphatic heterocycles. The monoisotopic (exact) mass is 313 g/mol. The fraction of sp³-hybridized carbons (Fsp3) is 0.615. The van der Waals surface area contributed by atoms with Crippen molar-refractivity contribution in [1.29, 1.82) is 0 Å². The lowest BCUT2D eigenvalue weighted by Gasteiger charge is -2.20. The van der Waals surface area contributed by atoms with Gasteiger partial charge in [-0.05, 0) is 37.9 Å². The van der Waals surface area contributed by atoms with Crippen LogP contribution >= 0.6 is 0 Å². The summed E-state index contributed by atoms with van der Waals surface area (Å²) in [5.41, 5.74) is 2.72. The Morgan fingerprint density at radius 2 is 2.14 bits per heavy atom. The summed E-state index contributed by atoms with van der Waals surface area (Å²) in [6.07, 6.45) is 5.26. The van der Waals surface area contributed by atoms with E-state index in [0.29, 0.717) is 12.2 Å². The van der Waals surface area contributed by atoms with Crippen molar-refractivity contribution in [1.82, 2.24) is 14.6 Å². The van der Waals surface area contributed by atoms with E-state index in [0.717, 1.165) is 19.6 Å². The molecule has 8 heteroatoms. The summed E-state index contributed by atoms with van der Waals surface area (Å²) in [7, 11) is -3.61. The van der Waals surface area contributed by atoms with Crippen LogP contribution in [0.1, 0.15) is 19.8 Å². The Labute approximate surface area is 125 Å². The first-order valence-electron chi connectivity index (χ1n) is 7.15. The maximum atomic E-state index is 12.3. The quantitative estimate of drug-likeness (QED) is 0.497. The molecule has 1 aromatic rings. The Kier molecular flexibility index (Phi) is 5.51. The predicted octanol–water partition coefficient (Wildman–Crippen LogP) is 0.377. The zero-order valence-electron chi connectivity index (χ0n) is 12.2. The van der Waals surface area contributed by atoms with Gasteiger partial charge in [0.2, 0.25) is 10.0 Å². The molecule has 1 aliphatic rings. The maximum absolute atomic E-state index is 12.3. The highest BCUT2D eigenvalue weighted by atomic mass is 32.2. The van der Waals surface area contributed by atoms with Gasteiger partial charge < -0.3 is 10.3 Å². The second kappa shape index (κ2) is 7.17. The first-order valence-corrected chi connectivity index (χ1v) is 8.64. The van der Waals surface area contributed by atoms with Gasteiger partial charge >= 0.3 is 0 Å². The number of sulfonamides is 1. The minimum absolute atomic E-state index is 0.0703. The number of hydrazine groups is 1. The Bertz CT molecular complexity index is 557. The average molecular weight is 313 g/mol. The molecule has 118 valence electrons. The van der Waals surface area contributed by atoms with Gasteiger partial charge in [0.25, 0.3) is 0 Å². The van der Waals surface area contributed by atoms with Gasteiger partial charge in [-0.3, -0.25) is 10.8 Å². The maximum Gasteiger partial charge on any atom is 0.244 e. The molecule has 1 fully saturated rings. The molecule has 0 radical (unpaired) electrons. The molecular formula is C13H23N5O2S. The van der Waals surface area contributed by atoms with Gasteiger partial charge in [0.15, 0.2) is 0 Å².